The van der Waals surface area contributed by atoms with Crippen molar-refractivity contribution in [2.24, 2.45) is 11.8 Å². The Balaban J connectivity index is 2.05. The van der Waals surface area contributed by atoms with Crippen LogP contribution in [0.2, 0.25) is 0 Å². The zero-order chi connectivity index (χ0) is 13.0. The first-order valence-electron chi connectivity index (χ1n) is 5.95. The number of rotatable bonds is 5. The van der Waals surface area contributed by atoms with E-state index in [2.05, 4.69) is 10.4 Å². The van der Waals surface area contributed by atoms with Crippen LogP contribution in [-0.4, -0.2) is 15.7 Å². The third kappa shape index (κ3) is 3.33. The van der Waals surface area contributed by atoms with Gasteiger partial charge in [0.1, 0.15) is 10.8 Å². The molecule has 0 saturated heterocycles. The maximum atomic E-state index is 10.8. The first-order valence-corrected chi connectivity index (χ1v) is 6.93. The van der Waals surface area contributed by atoms with Gasteiger partial charge in [-0.25, -0.2) is 10.8 Å². The van der Waals surface area contributed by atoms with Gasteiger partial charge in [0, 0.05) is 11.8 Å². The quantitative estimate of drug-likeness (QED) is 0.369. The minimum atomic E-state index is -0.428. The number of hydrogen-bond donors (Lipinski definition) is 2. The number of thioether (sulfide) groups is 1. The van der Waals surface area contributed by atoms with Crippen LogP contribution < -0.4 is 11.3 Å². The lowest BCUT2D eigenvalue weighted by molar-refractivity contribution is -0.385. The first kappa shape index (κ1) is 13.1. The number of aromatic nitrogens is 1. The van der Waals surface area contributed by atoms with Gasteiger partial charge in [0.05, 0.1) is 11.0 Å². The van der Waals surface area contributed by atoms with Gasteiger partial charge in [-0.05, 0) is 18.8 Å². The standard InChI is InChI=1S/C11H16N4O2S/c12-14-10-5-9(15(16)17)6-11(13-10)18-7-8-3-1-2-4-8/h5-6,8H,1-4,7,12H2,(H,13,14). The van der Waals surface area contributed by atoms with Crippen molar-refractivity contribution in [3.8, 4) is 0 Å². The minimum absolute atomic E-state index is 0.0203. The average Bonchev–Trinajstić information content (AvgIpc) is 2.89. The largest absolute Gasteiger partial charge is 0.308 e. The molecule has 98 valence electrons. The smallest absolute Gasteiger partial charge is 0.275 e. The van der Waals surface area contributed by atoms with E-state index in [-0.39, 0.29) is 5.69 Å². The van der Waals surface area contributed by atoms with Gasteiger partial charge in [-0.3, -0.25) is 10.1 Å². The number of anilines is 1. The molecule has 18 heavy (non-hydrogen) atoms. The van der Waals surface area contributed by atoms with Gasteiger partial charge in [0.15, 0.2) is 0 Å². The molecule has 1 aliphatic rings. The van der Waals surface area contributed by atoms with Gasteiger partial charge < -0.3 is 5.43 Å². The van der Waals surface area contributed by atoms with E-state index in [1.807, 2.05) is 0 Å². The Bertz CT molecular complexity index is 435. The van der Waals surface area contributed by atoms with Crippen molar-refractivity contribution in [1.29, 1.82) is 0 Å². The second-order valence-corrected chi connectivity index (χ2v) is 5.45. The van der Waals surface area contributed by atoms with Gasteiger partial charge in [-0.2, -0.15) is 0 Å². The molecule has 6 nitrogen and oxygen atoms in total. The van der Waals surface area contributed by atoms with E-state index in [0.29, 0.717) is 16.8 Å². The van der Waals surface area contributed by atoms with Gasteiger partial charge in [-0.1, -0.05) is 12.8 Å². The molecule has 3 N–H and O–H groups in total. The number of nitrogens with zero attached hydrogens (tertiary/aromatic N) is 2. The van der Waals surface area contributed by atoms with Crippen LogP contribution in [-0.2, 0) is 0 Å². The molecule has 0 radical (unpaired) electrons. The van der Waals surface area contributed by atoms with Gasteiger partial charge in [-0.15, -0.1) is 11.8 Å². The zero-order valence-electron chi connectivity index (χ0n) is 9.96. The predicted molar refractivity (Wildman–Crippen MR) is 71.4 cm³/mol. The molecule has 1 aliphatic carbocycles. The summed E-state index contributed by atoms with van der Waals surface area (Å²) < 4.78 is 0. The fraction of sp³-hybridized carbons (Fsp3) is 0.545. The van der Waals surface area contributed by atoms with Crippen molar-refractivity contribution < 1.29 is 4.92 Å². The second-order valence-electron chi connectivity index (χ2n) is 4.41. The summed E-state index contributed by atoms with van der Waals surface area (Å²) in [4.78, 5) is 14.6. The Hall–Kier alpha value is -1.34. The molecule has 7 heteroatoms. The topological polar surface area (TPSA) is 94.1 Å². The summed E-state index contributed by atoms with van der Waals surface area (Å²) in [5, 5.41) is 11.4. The van der Waals surface area contributed by atoms with Gasteiger partial charge in [0.25, 0.3) is 5.69 Å². The lowest BCUT2D eigenvalue weighted by atomic mass is 10.1. The normalized spacial score (nSPS) is 15.8. The van der Waals surface area contributed by atoms with E-state index in [0.717, 1.165) is 5.75 Å². The fourth-order valence-corrected chi connectivity index (χ4v) is 3.23. The molecular weight excluding hydrogens is 252 g/mol. The summed E-state index contributed by atoms with van der Waals surface area (Å²) in [6, 6.07) is 2.83. The Labute approximate surface area is 109 Å². The van der Waals surface area contributed by atoms with Crippen LogP contribution in [0, 0.1) is 16.0 Å². The van der Waals surface area contributed by atoms with Crippen molar-refractivity contribution in [3.63, 3.8) is 0 Å². The molecule has 1 heterocycles. The van der Waals surface area contributed by atoms with Crippen LogP contribution in [0.3, 0.4) is 0 Å². The molecule has 2 rings (SSSR count). The minimum Gasteiger partial charge on any atom is -0.308 e. The number of pyridine rings is 1. The van der Waals surface area contributed by atoms with Crippen LogP contribution in [0.5, 0.6) is 0 Å². The molecule has 0 unspecified atom stereocenters. The van der Waals surface area contributed by atoms with Gasteiger partial charge in [0.2, 0.25) is 0 Å². The van der Waals surface area contributed by atoms with Gasteiger partial charge >= 0.3 is 0 Å². The summed E-state index contributed by atoms with van der Waals surface area (Å²) in [6.45, 7) is 0. The van der Waals surface area contributed by atoms with Crippen LogP contribution in [0.25, 0.3) is 0 Å². The summed E-state index contributed by atoms with van der Waals surface area (Å²) in [5.41, 5.74) is 2.38. The van der Waals surface area contributed by atoms with Crippen molar-refractivity contribution in [2.45, 2.75) is 30.7 Å². The fourth-order valence-electron chi connectivity index (χ4n) is 2.13. The van der Waals surface area contributed by atoms with Crippen LogP contribution in [0.1, 0.15) is 25.7 Å². The molecule has 0 aromatic carbocycles. The molecule has 0 amide bonds. The first-order chi connectivity index (χ1) is 8.69. The molecule has 0 bridgehead atoms. The number of nitrogens with two attached hydrogens (primary N) is 1. The summed E-state index contributed by atoms with van der Waals surface area (Å²) in [7, 11) is 0. The molecule has 0 aliphatic heterocycles. The summed E-state index contributed by atoms with van der Waals surface area (Å²) in [6.07, 6.45) is 5.10. The second kappa shape index (κ2) is 6.01. The van der Waals surface area contributed by atoms with Crippen molar-refractivity contribution in [3.05, 3.63) is 22.2 Å². The number of nitrogens with one attached hydrogen (secondary N) is 1. The Morgan fingerprint density at radius 1 is 1.50 bits per heavy atom. The van der Waals surface area contributed by atoms with E-state index in [4.69, 9.17) is 5.84 Å². The van der Waals surface area contributed by atoms with Crippen molar-refractivity contribution in [1.82, 2.24) is 4.98 Å². The Kier molecular flexibility index (Phi) is 4.38. The zero-order valence-corrected chi connectivity index (χ0v) is 10.8. The molecule has 0 atom stereocenters. The monoisotopic (exact) mass is 268 g/mol. The maximum Gasteiger partial charge on any atom is 0.275 e. The lowest BCUT2D eigenvalue weighted by Gasteiger charge is -2.08. The van der Waals surface area contributed by atoms with Crippen molar-refractivity contribution >= 4 is 23.3 Å². The molecular formula is C11H16N4O2S. The lowest BCUT2D eigenvalue weighted by Crippen LogP contribution is -2.09. The summed E-state index contributed by atoms with van der Waals surface area (Å²) >= 11 is 1.57. The summed E-state index contributed by atoms with van der Waals surface area (Å²) in [5.74, 6) is 7.28. The SMILES string of the molecule is NNc1cc([N+](=O)[O-])cc(SCC2CCCC2)n1. The highest BCUT2D eigenvalue weighted by Crippen LogP contribution is 2.31. The molecule has 1 fully saturated rings. The Morgan fingerprint density at radius 3 is 2.83 bits per heavy atom. The van der Waals surface area contributed by atoms with Crippen LogP contribution in [0.4, 0.5) is 11.5 Å². The van der Waals surface area contributed by atoms with Crippen LogP contribution >= 0.6 is 11.8 Å². The number of hydrazine groups is 1. The number of hydrogen-bond acceptors (Lipinski definition) is 6. The number of nitrogen functional groups attached to an aromatic ring is 1. The van der Waals surface area contributed by atoms with E-state index in [1.165, 1.54) is 37.8 Å². The molecule has 1 aromatic heterocycles. The van der Waals surface area contributed by atoms with Crippen LogP contribution in [0.15, 0.2) is 17.2 Å². The molecule has 0 spiro atoms. The highest BCUT2D eigenvalue weighted by atomic mass is 32.2. The van der Waals surface area contributed by atoms with Crippen molar-refractivity contribution in [2.75, 3.05) is 11.2 Å². The highest BCUT2D eigenvalue weighted by molar-refractivity contribution is 7.99. The number of nitro groups is 1. The Morgan fingerprint density at radius 2 is 2.22 bits per heavy atom. The average molecular weight is 268 g/mol. The highest BCUT2D eigenvalue weighted by Gasteiger charge is 2.17. The van der Waals surface area contributed by atoms with E-state index in [1.54, 1.807) is 11.8 Å². The van der Waals surface area contributed by atoms with E-state index >= 15 is 0 Å². The molecule has 1 aromatic rings. The third-order valence-electron chi connectivity index (χ3n) is 3.09. The third-order valence-corrected chi connectivity index (χ3v) is 4.23. The van der Waals surface area contributed by atoms with E-state index < -0.39 is 4.92 Å². The maximum absolute atomic E-state index is 10.8. The van der Waals surface area contributed by atoms with E-state index in [9.17, 15) is 10.1 Å². The predicted octanol–water partition coefficient (Wildman–Crippen LogP) is 2.56. The molecule has 1 saturated carbocycles.